The average molecular weight is 355 g/mol. The first-order valence-corrected chi connectivity index (χ1v) is 6.02. The molecule has 0 heterocycles. The number of alkyl halides is 3. The smallest absolute Gasteiger partial charge is 0.406 e. The zero-order valence-corrected chi connectivity index (χ0v) is 11.5. The summed E-state index contributed by atoms with van der Waals surface area (Å²) in [7, 11) is 0. The summed E-state index contributed by atoms with van der Waals surface area (Å²) in [6.07, 6.45) is -4.70. The lowest BCUT2D eigenvalue weighted by molar-refractivity contribution is -0.149. The van der Waals surface area contributed by atoms with Crippen molar-refractivity contribution >= 4 is 33.5 Å². The molecule has 3 N–H and O–H groups in total. The van der Waals surface area contributed by atoms with Crippen molar-refractivity contribution < 1.29 is 27.9 Å². The fourth-order valence-electron chi connectivity index (χ4n) is 1.46. The summed E-state index contributed by atoms with van der Waals surface area (Å²) in [4.78, 5) is 22.8. The van der Waals surface area contributed by atoms with Crippen LogP contribution in [0.3, 0.4) is 0 Å². The molecule has 0 aliphatic heterocycles. The number of carbonyl (C=O) groups is 2. The predicted octanol–water partition coefficient (Wildman–Crippen LogP) is 2.12. The Kier molecular flexibility index (Phi) is 4.98. The molecular formula is C11H10BrF3N2O3. The Morgan fingerprint density at radius 3 is 2.45 bits per heavy atom. The second kappa shape index (κ2) is 6.12. The minimum absolute atomic E-state index is 0.129. The molecule has 1 rings (SSSR count). The van der Waals surface area contributed by atoms with Gasteiger partial charge in [0.2, 0.25) is 0 Å². The molecule has 1 aromatic carbocycles. The monoisotopic (exact) mass is 354 g/mol. The van der Waals surface area contributed by atoms with Crippen LogP contribution in [0, 0.1) is 0 Å². The molecule has 0 aliphatic carbocycles. The maximum Gasteiger partial charge on any atom is 0.406 e. The van der Waals surface area contributed by atoms with Crippen LogP contribution in [0.4, 0.5) is 18.9 Å². The van der Waals surface area contributed by atoms with Gasteiger partial charge in [0, 0.05) is 10.2 Å². The minimum atomic E-state index is -4.70. The van der Waals surface area contributed by atoms with Gasteiger partial charge in [0.15, 0.2) is 0 Å². The van der Waals surface area contributed by atoms with E-state index in [9.17, 15) is 22.8 Å². The van der Waals surface area contributed by atoms with Crippen LogP contribution in [-0.4, -0.2) is 41.1 Å². The highest BCUT2D eigenvalue weighted by atomic mass is 79.9. The van der Waals surface area contributed by atoms with Gasteiger partial charge >= 0.3 is 12.1 Å². The molecule has 20 heavy (non-hydrogen) atoms. The standard InChI is InChI=1S/C11H10BrF3N2O3/c12-8-2-1-6(16)3-7(8)10(20)17(4-9(18)19)5-11(13,14)15/h1-3H,4-5,16H2,(H,18,19). The van der Waals surface area contributed by atoms with E-state index in [0.29, 0.717) is 0 Å². The Morgan fingerprint density at radius 1 is 1.35 bits per heavy atom. The van der Waals surface area contributed by atoms with Gasteiger partial charge in [-0.05, 0) is 34.1 Å². The zero-order chi connectivity index (χ0) is 15.5. The van der Waals surface area contributed by atoms with Gasteiger partial charge in [-0.15, -0.1) is 0 Å². The SMILES string of the molecule is Nc1ccc(Br)c(C(=O)N(CC(=O)O)CC(F)(F)F)c1. The molecule has 1 amide bonds. The van der Waals surface area contributed by atoms with Crippen molar-refractivity contribution in [3.63, 3.8) is 0 Å². The topological polar surface area (TPSA) is 83.6 Å². The van der Waals surface area contributed by atoms with Gasteiger partial charge < -0.3 is 15.7 Å². The number of amides is 1. The van der Waals surface area contributed by atoms with E-state index in [1.54, 1.807) is 0 Å². The number of anilines is 1. The van der Waals surface area contributed by atoms with Crippen LogP contribution >= 0.6 is 15.9 Å². The van der Waals surface area contributed by atoms with E-state index in [1.165, 1.54) is 18.2 Å². The molecule has 0 radical (unpaired) electrons. The van der Waals surface area contributed by atoms with Crippen molar-refractivity contribution in [3.05, 3.63) is 28.2 Å². The van der Waals surface area contributed by atoms with Crippen LogP contribution in [0.1, 0.15) is 10.4 Å². The normalized spacial score (nSPS) is 11.2. The van der Waals surface area contributed by atoms with Gasteiger partial charge in [-0.25, -0.2) is 0 Å². The van der Waals surface area contributed by atoms with E-state index in [0.717, 1.165) is 0 Å². The summed E-state index contributed by atoms with van der Waals surface area (Å²) >= 11 is 3.01. The van der Waals surface area contributed by atoms with Crippen molar-refractivity contribution in [1.29, 1.82) is 0 Å². The molecular weight excluding hydrogens is 345 g/mol. The van der Waals surface area contributed by atoms with Crippen molar-refractivity contribution in [2.24, 2.45) is 0 Å². The Morgan fingerprint density at radius 2 is 1.95 bits per heavy atom. The Labute approximate surface area is 120 Å². The van der Waals surface area contributed by atoms with Gasteiger partial charge in [-0.1, -0.05) is 0 Å². The largest absolute Gasteiger partial charge is 0.480 e. The quantitative estimate of drug-likeness (QED) is 0.811. The summed E-state index contributed by atoms with van der Waals surface area (Å²) in [5, 5.41) is 8.60. The summed E-state index contributed by atoms with van der Waals surface area (Å²) in [5.41, 5.74) is 5.51. The molecule has 0 aromatic heterocycles. The summed E-state index contributed by atoms with van der Waals surface area (Å²) in [5.74, 6) is -2.61. The average Bonchev–Trinajstić information content (AvgIpc) is 2.28. The van der Waals surface area contributed by atoms with Crippen LogP contribution in [0.2, 0.25) is 0 Å². The molecule has 0 bridgehead atoms. The summed E-state index contributed by atoms with van der Waals surface area (Å²) in [6, 6.07) is 4.03. The molecule has 0 saturated carbocycles. The van der Waals surface area contributed by atoms with Crippen LogP contribution in [0.15, 0.2) is 22.7 Å². The van der Waals surface area contributed by atoms with E-state index in [-0.39, 0.29) is 20.6 Å². The fraction of sp³-hybridized carbons (Fsp3) is 0.273. The highest BCUT2D eigenvalue weighted by Gasteiger charge is 2.34. The molecule has 110 valence electrons. The van der Waals surface area contributed by atoms with Gasteiger partial charge in [-0.3, -0.25) is 9.59 Å². The van der Waals surface area contributed by atoms with E-state index in [2.05, 4.69) is 15.9 Å². The third kappa shape index (κ3) is 4.72. The molecule has 0 saturated heterocycles. The third-order valence-corrected chi connectivity index (χ3v) is 2.90. The number of halogens is 4. The second-order valence-electron chi connectivity index (χ2n) is 3.91. The number of carbonyl (C=O) groups excluding carboxylic acids is 1. The van der Waals surface area contributed by atoms with Crippen LogP contribution < -0.4 is 5.73 Å². The van der Waals surface area contributed by atoms with Crippen molar-refractivity contribution in [3.8, 4) is 0 Å². The summed E-state index contributed by atoms with van der Waals surface area (Å²) in [6.45, 7) is -2.71. The molecule has 1 aromatic rings. The van der Waals surface area contributed by atoms with E-state index in [1.807, 2.05) is 0 Å². The van der Waals surface area contributed by atoms with E-state index < -0.39 is 31.1 Å². The van der Waals surface area contributed by atoms with Gasteiger partial charge in [0.1, 0.15) is 13.1 Å². The van der Waals surface area contributed by atoms with E-state index >= 15 is 0 Å². The van der Waals surface area contributed by atoms with Gasteiger partial charge in [0.05, 0.1) is 5.56 Å². The number of hydrogen-bond acceptors (Lipinski definition) is 3. The first kappa shape index (κ1) is 16.3. The lowest BCUT2D eigenvalue weighted by atomic mass is 10.1. The molecule has 5 nitrogen and oxygen atoms in total. The zero-order valence-electron chi connectivity index (χ0n) is 9.95. The predicted molar refractivity (Wildman–Crippen MR) is 68.1 cm³/mol. The lowest BCUT2D eigenvalue weighted by Gasteiger charge is -2.22. The summed E-state index contributed by atoms with van der Waals surface area (Å²) < 4.78 is 37.4. The highest BCUT2D eigenvalue weighted by Crippen LogP contribution is 2.23. The number of carboxylic acids is 1. The Balaban J connectivity index is 3.09. The van der Waals surface area contributed by atoms with Crippen LogP contribution in [0.5, 0.6) is 0 Å². The number of nitrogen functional groups attached to an aromatic ring is 1. The molecule has 0 fully saturated rings. The van der Waals surface area contributed by atoms with Gasteiger partial charge in [-0.2, -0.15) is 13.2 Å². The number of nitrogens with two attached hydrogens (primary N) is 1. The van der Waals surface area contributed by atoms with Crippen molar-refractivity contribution in [2.45, 2.75) is 6.18 Å². The first-order chi connectivity index (χ1) is 9.10. The van der Waals surface area contributed by atoms with E-state index in [4.69, 9.17) is 10.8 Å². The fourth-order valence-corrected chi connectivity index (χ4v) is 1.87. The third-order valence-electron chi connectivity index (χ3n) is 2.20. The molecule has 0 unspecified atom stereocenters. The number of aliphatic carboxylic acids is 1. The number of benzene rings is 1. The van der Waals surface area contributed by atoms with Crippen molar-refractivity contribution in [2.75, 3.05) is 18.8 Å². The lowest BCUT2D eigenvalue weighted by Crippen LogP contribution is -2.42. The molecule has 0 atom stereocenters. The molecule has 0 aliphatic rings. The van der Waals surface area contributed by atoms with Crippen molar-refractivity contribution in [1.82, 2.24) is 4.90 Å². The Bertz CT molecular complexity index is 534. The first-order valence-electron chi connectivity index (χ1n) is 5.23. The highest BCUT2D eigenvalue weighted by molar-refractivity contribution is 9.10. The molecule has 9 heteroatoms. The van der Waals surface area contributed by atoms with Crippen LogP contribution in [0.25, 0.3) is 0 Å². The number of hydrogen-bond donors (Lipinski definition) is 2. The Hall–Kier alpha value is -1.77. The minimum Gasteiger partial charge on any atom is -0.480 e. The number of nitrogens with zero attached hydrogens (tertiary/aromatic N) is 1. The molecule has 0 spiro atoms. The number of carboxylic acid groups (broad SMARTS) is 1. The van der Waals surface area contributed by atoms with Gasteiger partial charge in [0.25, 0.3) is 5.91 Å². The van der Waals surface area contributed by atoms with Crippen LogP contribution in [-0.2, 0) is 4.79 Å². The maximum atomic E-state index is 12.4. The second-order valence-corrected chi connectivity index (χ2v) is 4.76. The number of rotatable bonds is 4. The maximum absolute atomic E-state index is 12.4.